The highest BCUT2D eigenvalue weighted by molar-refractivity contribution is 5.99. The van der Waals surface area contributed by atoms with Crippen molar-refractivity contribution in [1.29, 1.82) is 0 Å². The van der Waals surface area contributed by atoms with Gasteiger partial charge in [0.15, 0.2) is 5.78 Å². The van der Waals surface area contributed by atoms with Crippen LogP contribution in [0.25, 0.3) is 0 Å². The van der Waals surface area contributed by atoms with Gasteiger partial charge in [-0.05, 0) is 12.1 Å². The van der Waals surface area contributed by atoms with Crippen LogP contribution in [0.1, 0.15) is 20.7 Å². The largest absolute Gasteiger partial charge is 0.496 e. The van der Waals surface area contributed by atoms with Crippen molar-refractivity contribution in [2.45, 2.75) is 0 Å². The minimum atomic E-state index is -0.583. The third-order valence-corrected chi connectivity index (χ3v) is 2.07. The van der Waals surface area contributed by atoms with Crippen LogP contribution in [0.3, 0.4) is 0 Å². The lowest BCUT2D eigenvalue weighted by Crippen LogP contribution is -2.08. The van der Waals surface area contributed by atoms with E-state index < -0.39 is 18.4 Å². The quantitative estimate of drug-likeness (QED) is 0.600. The van der Waals surface area contributed by atoms with Gasteiger partial charge in [0.1, 0.15) is 17.9 Å². The molecule has 86 valence electrons. The SMILES string of the molecule is COC(=O)c1ccc(C(=O)CO)cc1OC. The van der Waals surface area contributed by atoms with Crippen LogP contribution in [-0.4, -0.2) is 37.7 Å². The summed E-state index contributed by atoms with van der Waals surface area (Å²) in [4.78, 5) is 22.5. The van der Waals surface area contributed by atoms with E-state index in [-0.39, 0.29) is 16.9 Å². The molecule has 0 aliphatic heterocycles. The first-order valence-electron chi connectivity index (χ1n) is 4.54. The smallest absolute Gasteiger partial charge is 0.341 e. The lowest BCUT2D eigenvalue weighted by Gasteiger charge is -2.08. The van der Waals surface area contributed by atoms with E-state index in [0.717, 1.165) is 0 Å². The number of carbonyl (C=O) groups excluding carboxylic acids is 2. The van der Waals surface area contributed by atoms with Crippen molar-refractivity contribution in [2.75, 3.05) is 20.8 Å². The number of benzene rings is 1. The first-order valence-corrected chi connectivity index (χ1v) is 4.54. The van der Waals surface area contributed by atoms with Crippen LogP contribution >= 0.6 is 0 Å². The maximum atomic E-state index is 11.3. The molecule has 0 atom stereocenters. The van der Waals surface area contributed by atoms with Gasteiger partial charge in [-0.3, -0.25) is 4.79 Å². The summed E-state index contributed by atoms with van der Waals surface area (Å²) >= 11 is 0. The van der Waals surface area contributed by atoms with Gasteiger partial charge in [0.25, 0.3) is 0 Å². The molecule has 5 heteroatoms. The van der Waals surface area contributed by atoms with E-state index in [1.165, 1.54) is 32.4 Å². The fourth-order valence-corrected chi connectivity index (χ4v) is 1.23. The van der Waals surface area contributed by atoms with Crippen LogP contribution in [0.15, 0.2) is 18.2 Å². The van der Waals surface area contributed by atoms with Gasteiger partial charge in [-0.2, -0.15) is 0 Å². The molecular weight excluding hydrogens is 212 g/mol. The van der Waals surface area contributed by atoms with Gasteiger partial charge in [0, 0.05) is 5.56 Å². The first-order chi connectivity index (χ1) is 7.63. The van der Waals surface area contributed by atoms with Crippen molar-refractivity contribution in [2.24, 2.45) is 0 Å². The summed E-state index contributed by atoms with van der Waals surface area (Å²) in [6, 6.07) is 4.26. The van der Waals surface area contributed by atoms with Gasteiger partial charge >= 0.3 is 5.97 Å². The molecule has 0 radical (unpaired) electrons. The van der Waals surface area contributed by atoms with E-state index >= 15 is 0 Å². The minimum absolute atomic E-state index is 0.236. The molecule has 16 heavy (non-hydrogen) atoms. The lowest BCUT2D eigenvalue weighted by molar-refractivity contribution is 0.0596. The average Bonchev–Trinajstić information content (AvgIpc) is 2.35. The molecule has 1 rings (SSSR count). The van der Waals surface area contributed by atoms with Crippen LogP contribution in [0.5, 0.6) is 5.75 Å². The molecule has 0 aliphatic rings. The standard InChI is InChI=1S/C11H12O5/c1-15-10-5-7(9(13)6-12)3-4-8(10)11(14)16-2/h3-5,12H,6H2,1-2H3. The molecule has 1 aromatic carbocycles. The fourth-order valence-electron chi connectivity index (χ4n) is 1.23. The maximum absolute atomic E-state index is 11.3. The molecule has 0 fully saturated rings. The van der Waals surface area contributed by atoms with Gasteiger partial charge < -0.3 is 14.6 Å². The zero-order chi connectivity index (χ0) is 12.1. The van der Waals surface area contributed by atoms with Crippen molar-refractivity contribution in [1.82, 2.24) is 0 Å². The summed E-state index contributed by atoms with van der Waals surface area (Å²) in [5, 5.41) is 8.69. The molecule has 1 aromatic rings. The summed E-state index contributed by atoms with van der Waals surface area (Å²) < 4.78 is 9.52. The fraction of sp³-hybridized carbons (Fsp3) is 0.273. The number of hydrogen-bond acceptors (Lipinski definition) is 5. The third kappa shape index (κ3) is 2.38. The monoisotopic (exact) mass is 224 g/mol. The second-order valence-electron chi connectivity index (χ2n) is 2.99. The lowest BCUT2D eigenvalue weighted by atomic mass is 10.1. The Morgan fingerprint density at radius 3 is 2.50 bits per heavy atom. The zero-order valence-electron chi connectivity index (χ0n) is 9.02. The molecule has 0 heterocycles. The topological polar surface area (TPSA) is 72.8 Å². The highest BCUT2D eigenvalue weighted by Crippen LogP contribution is 2.21. The predicted molar refractivity (Wildman–Crippen MR) is 55.7 cm³/mol. The molecule has 0 saturated carbocycles. The van der Waals surface area contributed by atoms with E-state index in [9.17, 15) is 9.59 Å². The Kier molecular flexibility index (Phi) is 4.02. The van der Waals surface area contributed by atoms with E-state index in [0.29, 0.717) is 0 Å². The number of hydrogen-bond donors (Lipinski definition) is 1. The summed E-state index contributed by atoms with van der Waals surface area (Å²) in [6.45, 7) is -0.583. The summed E-state index contributed by atoms with van der Waals surface area (Å²) in [5.41, 5.74) is 0.520. The molecular formula is C11H12O5. The number of esters is 1. The van der Waals surface area contributed by atoms with E-state index in [4.69, 9.17) is 9.84 Å². The number of ether oxygens (including phenoxy) is 2. The highest BCUT2D eigenvalue weighted by Gasteiger charge is 2.15. The average molecular weight is 224 g/mol. The van der Waals surface area contributed by atoms with E-state index in [2.05, 4.69) is 4.74 Å². The van der Waals surface area contributed by atoms with Gasteiger partial charge in [0.05, 0.1) is 14.2 Å². The molecule has 0 aromatic heterocycles. The van der Waals surface area contributed by atoms with Gasteiger partial charge in [-0.25, -0.2) is 4.79 Å². The third-order valence-electron chi connectivity index (χ3n) is 2.07. The summed E-state index contributed by atoms with van der Waals surface area (Å²) in [5.74, 6) is -0.735. The zero-order valence-corrected chi connectivity index (χ0v) is 9.02. The van der Waals surface area contributed by atoms with Gasteiger partial charge in [-0.15, -0.1) is 0 Å². The molecule has 0 aliphatic carbocycles. The van der Waals surface area contributed by atoms with Crippen LogP contribution in [-0.2, 0) is 4.74 Å². The van der Waals surface area contributed by atoms with Crippen molar-refractivity contribution in [3.05, 3.63) is 29.3 Å². The number of ketones is 1. The predicted octanol–water partition coefficient (Wildman–Crippen LogP) is 0.657. The number of Topliss-reactive ketones (excluding diaryl/α,β-unsaturated/α-hetero) is 1. The molecule has 0 bridgehead atoms. The second-order valence-corrected chi connectivity index (χ2v) is 2.99. The molecule has 0 spiro atoms. The van der Waals surface area contributed by atoms with Crippen molar-refractivity contribution < 1.29 is 24.2 Å². The number of rotatable bonds is 4. The molecule has 5 nitrogen and oxygen atoms in total. The Morgan fingerprint density at radius 1 is 1.31 bits per heavy atom. The van der Waals surface area contributed by atoms with Gasteiger partial charge in [-0.1, -0.05) is 6.07 Å². The first kappa shape index (κ1) is 12.2. The minimum Gasteiger partial charge on any atom is -0.496 e. The number of methoxy groups -OCH3 is 2. The number of aliphatic hydroxyl groups excluding tert-OH is 1. The van der Waals surface area contributed by atoms with Gasteiger partial charge in [0.2, 0.25) is 0 Å². The van der Waals surface area contributed by atoms with Crippen LogP contribution in [0.2, 0.25) is 0 Å². The normalized spacial score (nSPS) is 9.69. The molecule has 0 saturated heterocycles. The van der Waals surface area contributed by atoms with Crippen LogP contribution in [0, 0.1) is 0 Å². The Morgan fingerprint density at radius 2 is 2.00 bits per heavy atom. The number of carbonyl (C=O) groups is 2. The Labute approximate surface area is 92.6 Å². The van der Waals surface area contributed by atoms with Crippen molar-refractivity contribution in [3.8, 4) is 5.75 Å². The van der Waals surface area contributed by atoms with Crippen molar-refractivity contribution >= 4 is 11.8 Å². The Hall–Kier alpha value is -1.88. The number of aliphatic hydroxyl groups is 1. The van der Waals surface area contributed by atoms with E-state index in [1.54, 1.807) is 0 Å². The van der Waals surface area contributed by atoms with Crippen molar-refractivity contribution in [3.63, 3.8) is 0 Å². The van der Waals surface area contributed by atoms with Crippen LogP contribution < -0.4 is 4.74 Å². The highest BCUT2D eigenvalue weighted by atomic mass is 16.5. The molecule has 1 N–H and O–H groups in total. The molecule has 0 amide bonds. The summed E-state index contributed by atoms with van der Waals surface area (Å²) in [6.07, 6.45) is 0. The Balaban J connectivity index is 3.16. The summed E-state index contributed by atoms with van der Waals surface area (Å²) in [7, 11) is 2.64. The maximum Gasteiger partial charge on any atom is 0.341 e. The molecule has 0 unspecified atom stereocenters. The van der Waals surface area contributed by atoms with E-state index in [1.807, 2.05) is 0 Å². The second kappa shape index (κ2) is 5.27. The Bertz CT molecular complexity index is 411. The van der Waals surface area contributed by atoms with Crippen LogP contribution in [0.4, 0.5) is 0 Å².